The molecule has 3 aliphatic rings. The van der Waals surface area contributed by atoms with Crippen molar-refractivity contribution in [2.75, 3.05) is 13.2 Å². The van der Waals surface area contributed by atoms with E-state index in [0.29, 0.717) is 11.3 Å². The highest BCUT2D eigenvalue weighted by Crippen LogP contribution is 2.57. The summed E-state index contributed by atoms with van der Waals surface area (Å²) in [6, 6.07) is 0. The SMILES string of the molecule is CC1=C2CC3(CC=C2C1C(C)(C)C)COC(C)(C)OC3. The molecule has 0 aromatic heterocycles. The molecule has 1 spiro atoms. The van der Waals surface area contributed by atoms with Crippen LogP contribution in [0.4, 0.5) is 0 Å². The molecule has 0 radical (unpaired) electrons. The van der Waals surface area contributed by atoms with Gasteiger partial charge in [-0.15, -0.1) is 0 Å². The highest BCUT2D eigenvalue weighted by Gasteiger charge is 2.48. The van der Waals surface area contributed by atoms with E-state index >= 15 is 0 Å². The fourth-order valence-electron chi connectivity index (χ4n) is 4.06. The minimum absolute atomic E-state index is 0.179. The lowest BCUT2D eigenvalue weighted by Gasteiger charge is -2.52. The largest absolute Gasteiger partial charge is 0.350 e. The van der Waals surface area contributed by atoms with E-state index in [1.165, 1.54) is 0 Å². The zero-order valence-electron chi connectivity index (χ0n) is 13.8. The normalized spacial score (nSPS) is 31.7. The predicted molar refractivity (Wildman–Crippen MR) is 81.4 cm³/mol. The van der Waals surface area contributed by atoms with Crippen molar-refractivity contribution in [2.45, 2.75) is 60.2 Å². The van der Waals surface area contributed by atoms with Crippen molar-refractivity contribution < 1.29 is 9.47 Å². The van der Waals surface area contributed by atoms with Crippen LogP contribution in [0.2, 0.25) is 0 Å². The van der Waals surface area contributed by atoms with E-state index < -0.39 is 5.79 Å². The molecule has 20 heavy (non-hydrogen) atoms. The molecule has 3 rings (SSSR count). The minimum atomic E-state index is -0.410. The molecule has 2 aliphatic carbocycles. The highest BCUT2D eigenvalue weighted by molar-refractivity contribution is 5.54. The molecule has 1 saturated heterocycles. The van der Waals surface area contributed by atoms with Gasteiger partial charge in [0, 0.05) is 11.3 Å². The molecular formula is C18H28O2. The van der Waals surface area contributed by atoms with Gasteiger partial charge in [0.2, 0.25) is 0 Å². The van der Waals surface area contributed by atoms with Crippen molar-refractivity contribution in [3.63, 3.8) is 0 Å². The van der Waals surface area contributed by atoms with Crippen LogP contribution in [0.25, 0.3) is 0 Å². The third-order valence-corrected chi connectivity index (χ3v) is 5.19. The Morgan fingerprint density at radius 1 is 1.15 bits per heavy atom. The lowest BCUT2D eigenvalue weighted by Crippen LogP contribution is -2.49. The number of rotatable bonds is 0. The van der Waals surface area contributed by atoms with Crippen molar-refractivity contribution in [2.24, 2.45) is 16.7 Å². The van der Waals surface area contributed by atoms with Crippen molar-refractivity contribution in [3.05, 3.63) is 22.8 Å². The molecule has 1 fully saturated rings. The first-order valence-electron chi connectivity index (χ1n) is 7.82. The van der Waals surface area contributed by atoms with Gasteiger partial charge in [0.05, 0.1) is 13.2 Å². The number of fused-ring (bicyclic) bond motifs is 1. The predicted octanol–water partition coefficient (Wildman–Crippen LogP) is 4.47. The molecule has 0 aromatic rings. The minimum Gasteiger partial charge on any atom is -0.350 e. The van der Waals surface area contributed by atoms with E-state index in [9.17, 15) is 0 Å². The highest BCUT2D eigenvalue weighted by atomic mass is 16.7. The Balaban J connectivity index is 1.80. The molecule has 1 heterocycles. The Hall–Kier alpha value is -0.600. The van der Waals surface area contributed by atoms with Crippen LogP contribution in [-0.2, 0) is 9.47 Å². The molecule has 1 atom stereocenters. The first kappa shape index (κ1) is 14.3. The zero-order chi connectivity index (χ0) is 14.8. The fraction of sp³-hybridized carbons (Fsp3) is 0.778. The van der Waals surface area contributed by atoms with Gasteiger partial charge in [-0.1, -0.05) is 32.4 Å². The molecule has 1 unspecified atom stereocenters. The van der Waals surface area contributed by atoms with Crippen molar-refractivity contribution >= 4 is 0 Å². The Labute approximate surface area is 123 Å². The molecular weight excluding hydrogens is 248 g/mol. The van der Waals surface area contributed by atoms with Gasteiger partial charge in [-0.3, -0.25) is 0 Å². The summed E-state index contributed by atoms with van der Waals surface area (Å²) in [5.74, 6) is 0.239. The Bertz CT molecular complexity index is 478. The van der Waals surface area contributed by atoms with Gasteiger partial charge >= 0.3 is 0 Å². The second-order valence-electron chi connectivity index (χ2n) is 8.48. The Morgan fingerprint density at radius 3 is 2.30 bits per heavy atom. The smallest absolute Gasteiger partial charge is 0.162 e. The summed E-state index contributed by atoms with van der Waals surface area (Å²) in [4.78, 5) is 0. The Kier molecular flexibility index (Phi) is 3.02. The number of hydrogen-bond acceptors (Lipinski definition) is 2. The standard InChI is InChI=1S/C18H28O2/c1-12-14-9-18(10-19-17(5,6)20-11-18)8-7-13(14)15(12)16(2,3)4/h7,15H,8-11H2,1-6H3. The molecule has 0 N–H and O–H groups in total. The van der Waals surface area contributed by atoms with E-state index in [4.69, 9.17) is 9.47 Å². The molecule has 0 amide bonds. The maximum atomic E-state index is 5.92. The average Bonchev–Trinajstić information content (AvgIpc) is 2.33. The van der Waals surface area contributed by atoms with Crippen LogP contribution in [0.3, 0.4) is 0 Å². The van der Waals surface area contributed by atoms with Crippen LogP contribution in [-0.4, -0.2) is 19.0 Å². The van der Waals surface area contributed by atoms with Gasteiger partial charge in [-0.2, -0.15) is 0 Å². The molecule has 0 bridgehead atoms. The average molecular weight is 276 g/mol. The number of allylic oxidation sites excluding steroid dienone is 4. The number of hydrogen-bond donors (Lipinski definition) is 0. The van der Waals surface area contributed by atoms with E-state index in [-0.39, 0.29) is 5.41 Å². The monoisotopic (exact) mass is 276 g/mol. The second-order valence-corrected chi connectivity index (χ2v) is 8.48. The summed E-state index contributed by atoms with van der Waals surface area (Å²) in [6.07, 6.45) is 4.70. The molecule has 0 saturated carbocycles. The summed E-state index contributed by atoms with van der Waals surface area (Å²) in [5.41, 5.74) is 5.30. The third kappa shape index (κ3) is 2.17. The number of ether oxygens (including phenoxy) is 2. The first-order chi connectivity index (χ1) is 9.14. The van der Waals surface area contributed by atoms with Gasteiger partial charge in [0.25, 0.3) is 0 Å². The van der Waals surface area contributed by atoms with E-state index in [1.807, 2.05) is 13.8 Å². The molecule has 112 valence electrons. The van der Waals surface area contributed by atoms with Gasteiger partial charge in [-0.25, -0.2) is 0 Å². The first-order valence-corrected chi connectivity index (χ1v) is 7.82. The molecule has 0 aromatic carbocycles. The molecule has 2 nitrogen and oxygen atoms in total. The summed E-state index contributed by atoms with van der Waals surface area (Å²) < 4.78 is 11.8. The second kappa shape index (κ2) is 4.20. The van der Waals surface area contributed by atoms with Crippen molar-refractivity contribution in [1.29, 1.82) is 0 Å². The quantitative estimate of drug-likeness (QED) is 0.650. The summed E-state index contributed by atoms with van der Waals surface area (Å²) in [7, 11) is 0. The van der Waals surface area contributed by atoms with Crippen LogP contribution in [0.5, 0.6) is 0 Å². The lowest BCUT2D eigenvalue weighted by atomic mass is 9.56. The zero-order valence-corrected chi connectivity index (χ0v) is 13.8. The van der Waals surface area contributed by atoms with Crippen LogP contribution in [0.1, 0.15) is 54.4 Å². The van der Waals surface area contributed by atoms with Crippen LogP contribution >= 0.6 is 0 Å². The van der Waals surface area contributed by atoms with E-state index in [0.717, 1.165) is 26.1 Å². The third-order valence-electron chi connectivity index (χ3n) is 5.19. The van der Waals surface area contributed by atoms with Crippen molar-refractivity contribution in [3.8, 4) is 0 Å². The van der Waals surface area contributed by atoms with Crippen LogP contribution < -0.4 is 0 Å². The maximum absolute atomic E-state index is 5.92. The summed E-state index contributed by atoms with van der Waals surface area (Å²) >= 11 is 0. The Morgan fingerprint density at radius 2 is 1.75 bits per heavy atom. The topological polar surface area (TPSA) is 18.5 Å². The van der Waals surface area contributed by atoms with Gasteiger partial charge in [0.15, 0.2) is 5.79 Å². The maximum Gasteiger partial charge on any atom is 0.162 e. The lowest BCUT2D eigenvalue weighted by molar-refractivity contribution is -0.285. The van der Waals surface area contributed by atoms with Crippen LogP contribution in [0.15, 0.2) is 22.8 Å². The fourth-order valence-corrected chi connectivity index (χ4v) is 4.06. The molecule has 2 heteroatoms. The summed E-state index contributed by atoms with van der Waals surface area (Å²) in [5, 5.41) is 0. The van der Waals surface area contributed by atoms with Crippen molar-refractivity contribution in [1.82, 2.24) is 0 Å². The van der Waals surface area contributed by atoms with E-state index in [1.54, 1.807) is 16.7 Å². The van der Waals surface area contributed by atoms with Crippen LogP contribution in [0, 0.1) is 16.7 Å². The van der Waals surface area contributed by atoms with Gasteiger partial charge in [0.1, 0.15) is 0 Å². The van der Waals surface area contributed by atoms with Gasteiger partial charge < -0.3 is 9.47 Å². The van der Waals surface area contributed by atoms with Gasteiger partial charge in [-0.05, 0) is 50.2 Å². The molecule has 1 aliphatic heterocycles. The summed E-state index contributed by atoms with van der Waals surface area (Å²) in [6.45, 7) is 15.0. The van der Waals surface area contributed by atoms with E-state index in [2.05, 4.69) is 33.8 Å².